The third kappa shape index (κ3) is 3.77. The lowest BCUT2D eigenvalue weighted by molar-refractivity contribution is 0.177. The Morgan fingerprint density at radius 3 is 2.54 bits per heavy atom. The molecule has 7 nitrogen and oxygen atoms in total. The third-order valence-corrected chi connectivity index (χ3v) is 5.44. The standard InChI is InChI=1S/C21H27N3O4/c1-25-13-20-22-17(15-5-7-28-12-15)10-21(23-20)24-6-4-14-8-18(26-2)19(27-3)9-16(14)11-24/h8-10,15H,4-7,11-13H2,1-3H3/t15-/m1/s1. The zero-order valence-corrected chi connectivity index (χ0v) is 16.7. The van der Waals surface area contributed by atoms with Crippen LogP contribution in [0.3, 0.4) is 0 Å². The summed E-state index contributed by atoms with van der Waals surface area (Å²) in [6, 6.07) is 6.27. The molecule has 0 amide bonds. The summed E-state index contributed by atoms with van der Waals surface area (Å²) in [5.41, 5.74) is 3.58. The molecular weight excluding hydrogens is 358 g/mol. The van der Waals surface area contributed by atoms with Gasteiger partial charge in [0.25, 0.3) is 0 Å². The van der Waals surface area contributed by atoms with Crippen molar-refractivity contribution in [3.63, 3.8) is 0 Å². The van der Waals surface area contributed by atoms with Crippen molar-refractivity contribution in [3.05, 3.63) is 40.8 Å². The smallest absolute Gasteiger partial charge is 0.161 e. The van der Waals surface area contributed by atoms with Gasteiger partial charge in [0.1, 0.15) is 12.4 Å². The van der Waals surface area contributed by atoms with E-state index in [1.807, 2.05) is 0 Å². The minimum Gasteiger partial charge on any atom is -0.493 e. The van der Waals surface area contributed by atoms with E-state index in [0.717, 1.165) is 68.0 Å². The molecule has 4 rings (SSSR count). The Kier molecular flexibility index (Phi) is 5.64. The van der Waals surface area contributed by atoms with E-state index in [0.29, 0.717) is 12.5 Å². The van der Waals surface area contributed by atoms with Crippen molar-refractivity contribution in [2.24, 2.45) is 0 Å². The van der Waals surface area contributed by atoms with E-state index in [4.69, 9.17) is 28.9 Å². The molecule has 0 N–H and O–H groups in total. The highest BCUT2D eigenvalue weighted by Gasteiger charge is 2.24. The van der Waals surface area contributed by atoms with E-state index in [9.17, 15) is 0 Å². The van der Waals surface area contributed by atoms with Gasteiger partial charge in [-0.1, -0.05) is 0 Å². The molecule has 3 heterocycles. The Morgan fingerprint density at radius 2 is 1.86 bits per heavy atom. The first-order chi connectivity index (χ1) is 13.7. The number of anilines is 1. The number of fused-ring (bicyclic) bond motifs is 1. The molecule has 28 heavy (non-hydrogen) atoms. The van der Waals surface area contributed by atoms with Crippen LogP contribution in [0.15, 0.2) is 18.2 Å². The minimum atomic E-state index is 0.332. The Hall–Kier alpha value is -2.38. The summed E-state index contributed by atoms with van der Waals surface area (Å²) in [6.07, 6.45) is 1.93. The quantitative estimate of drug-likeness (QED) is 0.757. The lowest BCUT2D eigenvalue weighted by Crippen LogP contribution is -2.31. The van der Waals surface area contributed by atoms with Crippen LogP contribution in [0.5, 0.6) is 11.5 Å². The molecule has 0 radical (unpaired) electrons. The molecular formula is C21H27N3O4. The van der Waals surface area contributed by atoms with Crippen LogP contribution in [0.4, 0.5) is 5.82 Å². The first kappa shape index (κ1) is 19.0. The van der Waals surface area contributed by atoms with Crippen LogP contribution in [0, 0.1) is 0 Å². The molecule has 150 valence electrons. The van der Waals surface area contributed by atoms with E-state index < -0.39 is 0 Å². The van der Waals surface area contributed by atoms with E-state index >= 15 is 0 Å². The highest BCUT2D eigenvalue weighted by atomic mass is 16.5. The predicted octanol–water partition coefficient (Wildman–Crippen LogP) is 2.71. The molecule has 1 saturated heterocycles. The summed E-state index contributed by atoms with van der Waals surface area (Å²) in [5, 5.41) is 0. The van der Waals surface area contributed by atoms with Crippen LogP contribution < -0.4 is 14.4 Å². The van der Waals surface area contributed by atoms with Crippen LogP contribution >= 0.6 is 0 Å². The van der Waals surface area contributed by atoms with Crippen molar-refractivity contribution in [1.82, 2.24) is 9.97 Å². The van der Waals surface area contributed by atoms with Gasteiger partial charge >= 0.3 is 0 Å². The van der Waals surface area contributed by atoms with Gasteiger partial charge in [-0.25, -0.2) is 9.97 Å². The van der Waals surface area contributed by atoms with Crippen molar-refractivity contribution < 1.29 is 18.9 Å². The number of aromatic nitrogens is 2. The number of rotatable bonds is 6. The van der Waals surface area contributed by atoms with E-state index in [2.05, 4.69) is 23.1 Å². The topological polar surface area (TPSA) is 65.9 Å². The fourth-order valence-electron chi connectivity index (χ4n) is 3.91. The summed E-state index contributed by atoms with van der Waals surface area (Å²) in [5.74, 6) is 3.54. The van der Waals surface area contributed by atoms with Crippen molar-refractivity contribution in [3.8, 4) is 11.5 Å². The Morgan fingerprint density at radius 1 is 1.07 bits per heavy atom. The van der Waals surface area contributed by atoms with Gasteiger partial charge in [-0.2, -0.15) is 0 Å². The van der Waals surface area contributed by atoms with E-state index in [1.54, 1.807) is 21.3 Å². The number of nitrogens with zero attached hydrogens (tertiary/aromatic N) is 3. The molecule has 1 atom stereocenters. The lowest BCUT2D eigenvalue weighted by atomic mass is 9.98. The summed E-state index contributed by atoms with van der Waals surface area (Å²) < 4.78 is 21.8. The summed E-state index contributed by atoms with van der Waals surface area (Å²) in [4.78, 5) is 11.8. The van der Waals surface area contributed by atoms with Crippen LogP contribution in [0.2, 0.25) is 0 Å². The average molecular weight is 385 g/mol. The molecule has 2 aromatic rings. The molecule has 0 bridgehead atoms. The number of ether oxygens (including phenoxy) is 4. The summed E-state index contributed by atoms with van der Waals surface area (Å²) in [7, 11) is 5.01. The van der Waals surface area contributed by atoms with Crippen LogP contribution in [0.1, 0.15) is 35.0 Å². The van der Waals surface area contributed by atoms with Gasteiger partial charge in [0.2, 0.25) is 0 Å². The van der Waals surface area contributed by atoms with Crippen LogP contribution in [0.25, 0.3) is 0 Å². The molecule has 1 aromatic carbocycles. The minimum absolute atomic E-state index is 0.332. The largest absolute Gasteiger partial charge is 0.493 e. The monoisotopic (exact) mass is 385 g/mol. The molecule has 7 heteroatoms. The maximum Gasteiger partial charge on any atom is 0.161 e. The highest BCUT2D eigenvalue weighted by Crippen LogP contribution is 2.35. The van der Waals surface area contributed by atoms with E-state index in [-0.39, 0.29) is 0 Å². The molecule has 0 aliphatic carbocycles. The third-order valence-electron chi connectivity index (χ3n) is 5.44. The second-order valence-electron chi connectivity index (χ2n) is 7.21. The molecule has 0 spiro atoms. The van der Waals surface area contributed by atoms with Crippen LogP contribution in [-0.4, -0.2) is 51.1 Å². The average Bonchev–Trinajstić information content (AvgIpc) is 3.27. The van der Waals surface area contributed by atoms with Gasteiger partial charge in [0.15, 0.2) is 17.3 Å². The maximum atomic E-state index is 5.56. The number of hydrogen-bond acceptors (Lipinski definition) is 7. The number of benzene rings is 1. The van der Waals surface area contributed by atoms with Crippen molar-refractivity contribution in [2.75, 3.05) is 46.0 Å². The second-order valence-corrected chi connectivity index (χ2v) is 7.21. The summed E-state index contributed by atoms with van der Waals surface area (Å²) >= 11 is 0. The molecule has 1 aromatic heterocycles. The van der Waals surface area contributed by atoms with Gasteiger partial charge in [0, 0.05) is 38.8 Å². The van der Waals surface area contributed by atoms with E-state index in [1.165, 1.54) is 11.1 Å². The maximum absolute atomic E-state index is 5.56. The first-order valence-electron chi connectivity index (χ1n) is 9.65. The number of hydrogen-bond donors (Lipinski definition) is 0. The SMILES string of the molecule is COCc1nc([C@@H]2CCOC2)cc(N2CCc3cc(OC)c(OC)cc3C2)n1. The Bertz CT molecular complexity index is 837. The molecule has 2 aliphatic heterocycles. The Labute approximate surface area is 165 Å². The second kappa shape index (κ2) is 8.32. The Balaban J connectivity index is 1.64. The fourth-order valence-corrected chi connectivity index (χ4v) is 3.91. The highest BCUT2D eigenvalue weighted by molar-refractivity contribution is 5.52. The summed E-state index contributed by atoms with van der Waals surface area (Å²) in [6.45, 7) is 3.60. The predicted molar refractivity (Wildman–Crippen MR) is 105 cm³/mol. The van der Waals surface area contributed by atoms with Gasteiger partial charge in [-0.05, 0) is 36.1 Å². The van der Waals surface area contributed by atoms with Gasteiger partial charge in [-0.3, -0.25) is 0 Å². The van der Waals surface area contributed by atoms with Crippen molar-refractivity contribution in [2.45, 2.75) is 31.9 Å². The van der Waals surface area contributed by atoms with Gasteiger partial charge in [0.05, 0.1) is 26.5 Å². The molecule has 2 aliphatic rings. The zero-order chi connectivity index (χ0) is 19.5. The molecule has 0 saturated carbocycles. The zero-order valence-electron chi connectivity index (χ0n) is 16.7. The molecule has 0 unspecified atom stereocenters. The lowest BCUT2D eigenvalue weighted by Gasteiger charge is -2.31. The van der Waals surface area contributed by atoms with Crippen LogP contribution in [-0.2, 0) is 29.0 Å². The number of methoxy groups -OCH3 is 3. The molecule has 1 fully saturated rings. The fraction of sp³-hybridized carbons (Fsp3) is 0.524. The van der Waals surface area contributed by atoms with Crippen molar-refractivity contribution in [1.29, 1.82) is 0 Å². The van der Waals surface area contributed by atoms with Gasteiger partial charge in [-0.15, -0.1) is 0 Å². The van der Waals surface area contributed by atoms with Crippen molar-refractivity contribution >= 4 is 5.82 Å². The normalized spacial score (nSPS) is 18.8. The van der Waals surface area contributed by atoms with Gasteiger partial charge < -0.3 is 23.8 Å². The first-order valence-corrected chi connectivity index (χ1v) is 9.65.